The first kappa shape index (κ1) is 30.3. The summed E-state index contributed by atoms with van der Waals surface area (Å²) in [5.74, 6) is -0.621. The Morgan fingerprint density at radius 2 is 1.51 bits per heavy atom. The number of amides is 2. The summed E-state index contributed by atoms with van der Waals surface area (Å²) in [6.45, 7) is 5.53. The van der Waals surface area contributed by atoms with E-state index in [0.29, 0.717) is 12.1 Å². The Labute approximate surface area is 244 Å². The van der Waals surface area contributed by atoms with E-state index in [1.807, 2.05) is 57.2 Å². The summed E-state index contributed by atoms with van der Waals surface area (Å²) >= 11 is 0. The molecule has 41 heavy (non-hydrogen) atoms. The molecule has 1 atom stereocenters. The molecule has 3 aromatic carbocycles. The Hall–Kier alpha value is -3.65. The Morgan fingerprint density at radius 1 is 0.878 bits per heavy atom. The van der Waals surface area contributed by atoms with Crippen molar-refractivity contribution in [2.24, 2.45) is 0 Å². The highest BCUT2D eigenvalue weighted by Gasteiger charge is 2.34. The molecule has 218 valence electrons. The van der Waals surface area contributed by atoms with Gasteiger partial charge in [-0.25, -0.2) is 8.42 Å². The number of sulfonamides is 1. The van der Waals surface area contributed by atoms with Gasteiger partial charge in [-0.3, -0.25) is 13.9 Å². The lowest BCUT2D eigenvalue weighted by Gasteiger charge is -2.34. The van der Waals surface area contributed by atoms with Gasteiger partial charge in [-0.05, 0) is 74.1 Å². The van der Waals surface area contributed by atoms with E-state index >= 15 is 0 Å². The number of benzene rings is 3. The molecule has 0 aromatic heterocycles. The second-order valence-electron chi connectivity index (χ2n) is 10.9. The first-order chi connectivity index (χ1) is 19.7. The fraction of sp³-hybridized carbons (Fsp3) is 0.394. The van der Waals surface area contributed by atoms with E-state index in [2.05, 4.69) is 5.32 Å². The molecular weight excluding hydrogens is 534 g/mol. The molecule has 0 unspecified atom stereocenters. The van der Waals surface area contributed by atoms with Crippen molar-refractivity contribution in [1.82, 2.24) is 10.2 Å². The van der Waals surface area contributed by atoms with Gasteiger partial charge < -0.3 is 10.2 Å². The maximum Gasteiger partial charge on any atom is 0.264 e. The molecule has 0 spiro atoms. The molecule has 3 aromatic rings. The number of nitrogens with zero attached hydrogens (tertiary/aromatic N) is 2. The van der Waals surface area contributed by atoms with Gasteiger partial charge in [-0.15, -0.1) is 0 Å². The molecule has 8 heteroatoms. The maximum atomic E-state index is 14.2. The molecule has 0 saturated heterocycles. The zero-order valence-electron chi connectivity index (χ0n) is 24.3. The third-order valence-electron chi connectivity index (χ3n) is 7.92. The Balaban J connectivity index is 1.70. The van der Waals surface area contributed by atoms with E-state index in [1.54, 1.807) is 35.2 Å². The van der Waals surface area contributed by atoms with E-state index in [0.717, 1.165) is 42.4 Å². The lowest BCUT2D eigenvalue weighted by molar-refractivity contribution is -0.140. The zero-order valence-corrected chi connectivity index (χ0v) is 25.1. The molecule has 2 amide bonds. The molecule has 1 saturated carbocycles. The van der Waals surface area contributed by atoms with E-state index in [4.69, 9.17) is 0 Å². The normalized spacial score (nSPS) is 14.7. The van der Waals surface area contributed by atoms with Crippen molar-refractivity contribution < 1.29 is 18.0 Å². The van der Waals surface area contributed by atoms with Crippen molar-refractivity contribution in [3.8, 4) is 0 Å². The number of hydrogen-bond donors (Lipinski definition) is 1. The van der Waals surface area contributed by atoms with Gasteiger partial charge in [0.15, 0.2) is 0 Å². The molecule has 0 heterocycles. The third-order valence-corrected chi connectivity index (χ3v) is 9.71. The summed E-state index contributed by atoms with van der Waals surface area (Å²) in [5.41, 5.74) is 3.22. The van der Waals surface area contributed by atoms with Crippen LogP contribution in [0.4, 0.5) is 5.69 Å². The topological polar surface area (TPSA) is 86.8 Å². The van der Waals surface area contributed by atoms with Crippen molar-refractivity contribution in [2.75, 3.05) is 10.8 Å². The molecule has 1 aliphatic carbocycles. The lowest BCUT2D eigenvalue weighted by Crippen LogP contribution is -2.54. The minimum absolute atomic E-state index is 0.0997. The molecule has 0 bridgehead atoms. The smallest absolute Gasteiger partial charge is 0.264 e. The van der Waals surface area contributed by atoms with Crippen LogP contribution in [0, 0.1) is 13.8 Å². The summed E-state index contributed by atoms with van der Waals surface area (Å²) in [6.07, 6.45) is 5.61. The van der Waals surface area contributed by atoms with Crippen molar-refractivity contribution in [2.45, 2.75) is 82.8 Å². The highest BCUT2D eigenvalue weighted by atomic mass is 32.2. The van der Waals surface area contributed by atoms with Crippen molar-refractivity contribution in [1.29, 1.82) is 0 Å². The van der Waals surface area contributed by atoms with E-state index in [9.17, 15) is 18.0 Å². The van der Waals surface area contributed by atoms with Crippen LogP contribution in [0.3, 0.4) is 0 Å². The second-order valence-corrected chi connectivity index (χ2v) is 12.7. The average Bonchev–Trinajstić information content (AvgIpc) is 2.98. The predicted octanol–water partition coefficient (Wildman–Crippen LogP) is 5.76. The molecule has 0 radical (unpaired) electrons. The number of rotatable bonds is 11. The average molecular weight is 576 g/mol. The number of anilines is 1. The molecular formula is C33H41N3O4S. The minimum Gasteiger partial charge on any atom is -0.352 e. The first-order valence-corrected chi connectivity index (χ1v) is 15.9. The van der Waals surface area contributed by atoms with E-state index < -0.39 is 28.5 Å². The monoisotopic (exact) mass is 575 g/mol. The van der Waals surface area contributed by atoms with Gasteiger partial charge in [0.25, 0.3) is 10.0 Å². The maximum absolute atomic E-state index is 14.2. The summed E-state index contributed by atoms with van der Waals surface area (Å²) in [7, 11) is -4.08. The number of hydrogen-bond acceptors (Lipinski definition) is 4. The van der Waals surface area contributed by atoms with E-state index in [-0.39, 0.29) is 23.4 Å². The Morgan fingerprint density at radius 3 is 2.12 bits per heavy atom. The highest BCUT2D eigenvalue weighted by molar-refractivity contribution is 7.92. The molecule has 1 fully saturated rings. The molecule has 1 aliphatic rings. The standard InChI is InChI=1S/C33H41N3O4S/c1-4-31(33(38)34-28-16-10-6-11-17-28)35(23-27-14-8-5-9-15-27)32(37)24-36(29-21-20-25(2)26(3)22-29)41(39,40)30-18-12-7-13-19-30/h5,7-9,12-15,18-22,28,31H,4,6,10-11,16-17,23-24H2,1-3H3,(H,34,38)/t31-/m0/s1. The van der Waals surface area contributed by atoms with Crippen LogP contribution >= 0.6 is 0 Å². The van der Waals surface area contributed by atoms with Crippen LogP contribution in [0.1, 0.15) is 62.1 Å². The Bertz CT molecular complexity index is 1420. The molecule has 0 aliphatic heterocycles. The van der Waals surface area contributed by atoms with Crippen LogP contribution in [-0.4, -0.2) is 43.8 Å². The second kappa shape index (κ2) is 13.8. The third kappa shape index (κ3) is 7.55. The van der Waals surface area contributed by atoms with Gasteiger partial charge in [-0.1, -0.05) is 80.8 Å². The number of nitrogens with one attached hydrogen (secondary N) is 1. The van der Waals surface area contributed by atoms with Gasteiger partial charge in [0.05, 0.1) is 10.6 Å². The highest BCUT2D eigenvalue weighted by Crippen LogP contribution is 2.27. The lowest BCUT2D eigenvalue weighted by atomic mass is 9.95. The van der Waals surface area contributed by atoms with Crippen LogP contribution in [-0.2, 0) is 26.2 Å². The van der Waals surface area contributed by atoms with Gasteiger partial charge in [0, 0.05) is 12.6 Å². The van der Waals surface area contributed by atoms with Gasteiger partial charge >= 0.3 is 0 Å². The SMILES string of the molecule is CC[C@@H](C(=O)NC1CCCCC1)N(Cc1ccccc1)C(=O)CN(c1ccc(C)c(C)c1)S(=O)(=O)c1ccccc1. The quantitative estimate of drug-likeness (QED) is 0.315. The molecule has 1 N–H and O–H groups in total. The summed E-state index contributed by atoms with van der Waals surface area (Å²) in [5, 5.41) is 3.18. The van der Waals surface area contributed by atoms with Gasteiger partial charge in [-0.2, -0.15) is 0 Å². The van der Waals surface area contributed by atoms with Gasteiger partial charge in [0.1, 0.15) is 12.6 Å². The number of carbonyl (C=O) groups excluding carboxylic acids is 2. The van der Waals surface area contributed by atoms with E-state index in [1.165, 1.54) is 22.9 Å². The summed E-state index contributed by atoms with van der Waals surface area (Å²) in [4.78, 5) is 29.4. The van der Waals surface area contributed by atoms with Crippen LogP contribution in [0.25, 0.3) is 0 Å². The molecule has 7 nitrogen and oxygen atoms in total. The van der Waals surface area contributed by atoms with Crippen molar-refractivity contribution in [3.63, 3.8) is 0 Å². The van der Waals surface area contributed by atoms with Crippen LogP contribution < -0.4 is 9.62 Å². The number of carbonyl (C=O) groups is 2. The zero-order chi connectivity index (χ0) is 29.4. The minimum atomic E-state index is -4.08. The number of aryl methyl sites for hydroxylation is 2. The van der Waals surface area contributed by atoms with Crippen LogP contribution in [0.15, 0.2) is 83.8 Å². The largest absolute Gasteiger partial charge is 0.352 e. The van der Waals surface area contributed by atoms with Crippen molar-refractivity contribution >= 4 is 27.5 Å². The fourth-order valence-electron chi connectivity index (χ4n) is 5.37. The fourth-order valence-corrected chi connectivity index (χ4v) is 6.80. The van der Waals surface area contributed by atoms with Crippen LogP contribution in [0.2, 0.25) is 0 Å². The van der Waals surface area contributed by atoms with Crippen molar-refractivity contribution in [3.05, 3.63) is 95.6 Å². The summed E-state index contributed by atoms with van der Waals surface area (Å²) in [6, 6.07) is 22.4. The molecule has 4 rings (SSSR count). The Kier molecular flexibility index (Phi) is 10.2. The van der Waals surface area contributed by atoms with Gasteiger partial charge in [0.2, 0.25) is 11.8 Å². The summed E-state index contributed by atoms with van der Waals surface area (Å²) < 4.78 is 29.1. The van der Waals surface area contributed by atoms with Crippen LogP contribution in [0.5, 0.6) is 0 Å². The predicted molar refractivity (Wildman–Crippen MR) is 163 cm³/mol. The first-order valence-electron chi connectivity index (χ1n) is 14.5.